The van der Waals surface area contributed by atoms with Gasteiger partial charge in [0.2, 0.25) is 21.8 Å². The van der Waals surface area contributed by atoms with Gasteiger partial charge in [-0.15, -0.1) is 0 Å². The highest BCUT2D eigenvalue weighted by atomic mass is 32.2. The van der Waals surface area contributed by atoms with E-state index < -0.39 is 21.5 Å². The van der Waals surface area contributed by atoms with Crippen LogP contribution >= 0.6 is 0 Å². The van der Waals surface area contributed by atoms with Crippen molar-refractivity contribution in [2.24, 2.45) is 5.92 Å². The molecule has 0 saturated carbocycles. The molecule has 2 aromatic carbocycles. The molecule has 3 N–H and O–H groups in total. The number of carbonyl (C=O) groups is 2. The normalized spacial score (nSPS) is 17.5. The molecule has 11 heteroatoms. The van der Waals surface area contributed by atoms with E-state index in [1.807, 2.05) is 51.1 Å². The number of ether oxygens (including phenoxy) is 1. The first-order valence-corrected chi connectivity index (χ1v) is 14.3. The van der Waals surface area contributed by atoms with Gasteiger partial charge in [-0.3, -0.25) is 19.8 Å². The van der Waals surface area contributed by atoms with E-state index in [1.54, 1.807) is 22.5 Å². The number of benzene rings is 2. The largest absolute Gasteiger partial charge is 0.489 e. The molecule has 2 amide bonds. The van der Waals surface area contributed by atoms with Crippen LogP contribution in [0.5, 0.6) is 5.75 Å². The Balaban J connectivity index is 1.48. The lowest BCUT2D eigenvalue weighted by atomic mass is 9.95. The molecular weight excluding hydrogens is 520 g/mol. The number of para-hydroxylation sites is 1. The number of hydrogen-bond donors (Lipinski definition) is 3. The second kappa shape index (κ2) is 11.7. The van der Waals surface area contributed by atoms with Crippen LogP contribution in [0, 0.1) is 12.8 Å². The molecule has 0 aliphatic carbocycles. The average molecular weight is 555 g/mol. The Morgan fingerprint density at radius 1 is 1.15 bits per heavy atom. The van der Waals surface area contributed by atoms with Gasteiger partial charge in [0.05, 0.1) is 16.0 Å². The predicted molar refractivity (Wildman–Crippen MR) is 146 cm³/mol. The van der Waals surface area contributed by atoms with Gasteiger partial charge in [-0.25, -0.2) is 18.6 Å². The van der Waals surface area contributed by atoms with Crippen LogP contribution in [-0.2, 0) is 26.2 Å². The van der Waals surface area contributed by atoms with Crippen molar-refractivity contribution in [2.75, 3.05) is 13.1 Å². The molecule has 10 nitrogen and oxygen atoms in total. The van der Waals surface area contributed by atoms with Crippen molar-refractivity contribution in [1.29, 1.82) is 0 Å². The molecule has 39 heavy (non-hydrogen) atoms. The van der Waals surface area contributed by atoms with E-state index in [2.05, 4.69) is 9.71 Å². The highest BCUT2D eigenvalue weighted by Crippen LogP contribution is 2.29. The fourth-order valence-electron chi connectivity index (χ4n) is 4.91. The van der Waals surface area contributed by atoms with E-state index in [9.17, 15) is 18.0 Å². The van der Waals surface area contributed by atoms with Crippen molar-refractivity contribution < 1.29 is 28.0 Å². The number of nitrogens with zero attached hydrogens (tertiary/aromatic N) is 2. The Labute approximate surface area is 228 Å². The number of fused-ring (bicyclic) bond motifs is 1. The maximum absolute atomic E-state index is 13.3. The van der Waals surface area contributed by atoms with E-state index >= 15 is 0 Å². The van der Waals surface area contributed by atoms with Crippen LogP contribution in [0.2, 0.25) is 0 Å². The van der Waals surface area contributed by atoms with Crippen LogP contribution in [0.4, 0.5) is 0 Å². The quantitative estimate of drug-likeness (QED) is 0.258. The molecule has 208 valence electrons. The minimum Gasteiger partial charge on any atom is -0.489 e. The third kappa shape index (κ3) is 6.92. The smallest absolute Gasteiger partial charge is 0.245 e. The number of aromatic nitrogens is 1. The number of aryl methyl sites for hydroxylation is 1. The summed E-state index contributed by atoms with van der Waals surface area (Å²) in [6.45, 7) is 6.40. The molecule has 1 aliphatic heterocycles. The second-order valence-corrected chi connectivity index (χ2v) is 12.1. The van der Waals surface area contributed by atoms with E-state index in [-0.39, 0.29) is 42.7 Å². The third-order valence-corrected chi connectivity index (χ3v) is 8.32. The molecule has 1 saturated heterocycles. The highest BCUT2D eigenvalue weighted by Gasteiger charge is 2.44. The van der Waals surface area contributed by atoms with Gasteiger partial charge in [-0.05, 0) is 55.7 Å². The number of carbonyl (C=O) groups excluding carboxylic acids is 2. The molecule has 0 spiro atoms. The fraction of sp³-hybridized carbons (Fsp3) is 0.393. The summed E-state index contributed by atoms with van der Waals surface area (Å²) in [4.78, 5) is 30.8. The van der Waals surface area contributed by atoms with Crippen molar-refractivity contribution >= 4 is 32.7 Å². The van der Waals surface area contributed by atoms with E-state index in [1.165, 1.54) is 12.1 Å². The zero-order chi connectivity index (χ0) is 28.2. The SMILES string of the molecule is Cc1cc(COc2ccc(S(=O)(=O)NC3(CC(=O)NO)CCN(C(=O)CC(C)C)C3)cc2)c2ccccc2n1. The van der Waals surface area contributed by atoms with Gasteiger partial charge >= 0.3 is 0 Å². The van der Waals surface area contributed by atoms with Gasteiger partial charge in [-0.2, -0.15) is 0 Å². The molecule has 0 bridgehead atoms. The summed E-state index contributed by atoms with van der Waals surface area (Å²) < 4.78 is 35.3. The Bertz CT molecular complexity index is 1460. The minimum absolute atomic E-state index is 0.00389. The number of sulfonamides is 1. The molecule has 1 aliphatic rings. The summed E-state index contributed by atoms with van der Waals surface area (Å²) in [5, 5.41) is 10.1. The van der Waals surface area contributed by atoms with Gasteiger partial charge in [0, 0.05) is 42.6 Å². The summed E-state index contributed by atoms with van der Waals surface area (Å²) in [6, 6.07) is 15.8. The van der Waals surface area contributed by atoms with Gasteiger partial charge in [0.15, 0.2) is 0 Å². The molecule has 3 aromatic rings. The maximum atomic E-state index is 13.3. The average Bonchev–Trinajstić information content (AvgIpc) is 3.29. The number of rotatable bonds is 10. The van der Waals surface area contributed by atoms with Crippen LogP contribution in [0.1, 0.15) is 44.4 Å². The fourth-order valence-corrected chi connectivity index (χ4v) is 6.33. The number of amides is 2. The number of hydroxylamine groups is 1. The predicted octanol–water partition coefficient (Wildman–Crippen LogP) is 3.31. The first-order chi connectivity index (χ1) is 18.5. The monoisotopic (exact) mass is 554 g/mol. The highest BCUT2D eigenvalue weighted by molar-refractivity contribution is 7.89. The number of pyridine rings is 1. The zero-order valence-corrected chi connectivity index (χ0v) is 23.1. The molecule has 2 heterocycles. The zero-order valence-electron chi connectivity index (χ0n) is 22.3. The summed E-state index contributed by atoms with van der Waals surface area (Å²) in [5.41, 5.74) is 3.05. The molecule has 1 atom stereocenters. The lowest BCUT2D eigenvalue weighted by Gasteiger charge is -2.29. The summed E-state index contributed by atoms with van der Waals surface area (Å²) in [6.07, 6.45) is 0.254. The second-order valence-electron chi connectivity index (χ2n) is 10.5. The van der Waals surface area contributed by atoms with Gasteiger partial charge < -0.3 is 9.64 Å². The third-order valence-electron chi connectivity index (χ3n) is 6.72. The van der Waals surface area contributed by atoms with Gasteiger partial charge in [0.1, 0.15) is 12.4 Å². The first kappa shape index (κ1) is 28.5. The Morgan fingerprint density at radius 3 is 2.56 bits per heavy atom. The van der Waals surface area contributed by atoms with Crippen molar-refractivity contribution in [1.82, 2.24) is 20.1 Å². The van der Waals surface area contributed by atoms with Crippen LogP contribution in [0.3, 0.4) is 0 Å². The first-order valence-electron chi connectivity index (χ1n) is 12.8. The molecule has 1 fully saturated rings. The summed E-state index contributed by atoms with van der Waals surface area (Å²) in [5.74, 6) is -0.201. The topological polar surface area (TPSA) is 138 Å². The van der Waals surface area contributed by atoms with Crippen molar-refractivity contribution in [3.05, 3.63) is 65.9 Å². The van der Waals surface area contributed by atoms with Crippen LogP contribution in [-0.4, -0.2) is 54.0 Å². The molecule has 0 radical (unpaired) electrons. The molecule has 1 unspecified atom stereocenters. The standard InChI is InChI=1S/C28H34N4O6S/c1-19(2)14-27(34)32-13-12-28(18-32,16-26(33)30-35)31-39(36,37)23-10-8-22(9-11-23)38-17-21-15-20(3)29-25-7-5-4-6-24(21)25/h4-11,15,19,31,35H,12-14,16-18H2,1-3H3,(H,30,33). The van der Waals surface area contributed by atoms with Crippen LogP contribution in [0.25, 0.3) is 10.9 Å². The van der Waals surface area contributed by atoms with Gasteiger partial charge in [0.25, 0.3) is 0 Å². The van der Waals surface area contributed by atoms with Crippen molar-refractivity contribution in [2.45, 2.75) is 57.1 Å². The van der Waals surface area contributed by atoms with Crippen molar-refractivity contribution in [3.63, 3.8) is 0 Å². The summed E-state index contributed by atoms with van der Waals surface area (Å²) in [7, 11) is -4.06. The van der Waals surface area contributed by atoms with E-state index in [4.69, 9.17) is 9.94 Å². The van der Waals surface area contributed by atoms with E-state index in [0.29, 0.717) is 18.7 Å². The number of nitrogens with one attached hydrogen (secondary N) is 2. The minimum atomic E-state index is -4.06. The van der Waals surface area contributed by atoms with Crippen LogP contribution in [0.15, 0.2) is 59.5 Å². The number of likely N-dealkylation sites (tertiary alicyclic amines) is 1. The number of hydrogen-bond acceptors (Lipinski definition) is 7. The Morgan fingerprint density at radius 2 is 1.87 bits per heavy atom. The molecular formula is C28H34N4O6S. The molecule has 4 rings (SSSR count). The molecule has 1 aromatic heterocycles. The van der Waals surface area contributed by atoms with Gasteiger partial charge in [-0.1, -0.05) is 32.0 Å². The Kier molecular flexibility index (Phi) is 8.53. The van der Waals surface area contributed by atoms with Crippen molar-refractivity contribution in [3.8, 4) is 5.75 Å². The lowest BCUT2D eigenvalue weighted by Crippen LogP contribution is -2.53. The summed E-state index contributed by atoms with van der Waals surface area (Å²) >= 11 is 0. The van der Waals surface area contributed by atoms with Crippen LogP contribution < -0.4 is 14.9 Å². The lowest BCUT2D eigenvalue weighted by molar-refractivity contribution is -0.133. The maximum Gasteiger partial charge on any atom is 0.245 e. The van der Waals surface area contributed by atoms with E-state index in [0.717, 1.165) is 22.2 Å². The Hall–Kier alpha value is -3.54.